The lowest BCUT2D eigenvalue weighted by atomic mass is 10.0. The number of hydrogen-bond acceptors (Lipinski definition) is 1. The van der Waals surface area contributed by atoms with Crippen molar-refractivity contribution in [3.63, 3.8) is 0 Å². The zero-order valence-corrected chi connectivity index (χ0v) is 13.9. The largest absolute Gasteiger partial charge is 0.330 e. The van der Waals surface area contributed by atoms with E-state index in [1.807, 2.05) is 72.3 Å². The second kappa shape index (κ2) is 6.29. The van der Waals surface area contributed by atoms with Crippen LogP contribution in [0.5, 0.6) is 0 Å². The maximum absolute atomic E-state index is 12.7. The molecule has 0 saturated carbocycles. The smallest absolute Gasteiger partial charge is 0.256 e. The van der Waals surface area contributed by atoms with Gasteiger partial charge in [0.1, 0.15) is 5.82 Å². The number of benzene rings is 3. The highest BCUT2D eigenvalue weighted by Gasteiger charge is 2.18. The van der Waals surface area contributed by atoms with Crippen molar-refractivity contribution in [3.05, 3.63) is 90.5 Å². The molecule has 1 N–H and O–H groups in total. The molecule has 122 valence electrons. The van der Waals surface area contributed by atoms with Crippen molar-refractivity contribution < 1.29 is 4.79 Å². The molecule has 0 radical (unpaired) electrons. The molecule has 1 heterocycles. The third kappa shape index (κ3) is 2.70. The first kappa shape index (κ1) is 15.2. The molecule has 3 aromatic carbocycles. The quantitative estimate of drug-likeness (QED) is 0.558. The molecular formula is C22H18N2O. The van der Waals surface area contributed by atoms with Gasteiger partial charge in [-0.2, -0.15) is 0 Å². The molecule has 0 saturated heterocycles. The molecule has 0 atom stereocenters. The zero-order chi connectivity index (χ0) is 17.2. The van der Waals surface area contributed by atoms with Gasteiger partial charge in [-0.3, -0.25) is 4.79 Å². The number of nitrogens with one attached hydrogen (secondary N) is 1. The summed E-state index contributed by atoms with van der Waals surface area (Å²) < 4.78 is 2.04. The van der Waals surface area contributed by atoms with Crippen LogP contribution in [-0.2, 0) is 7.05 Å². The minimum Gasteiger partial charge on any atom is -0.330 e. The van der Waals surface area contributed by atoms with Crippen LogP contribution in [0, 0.1) is 0 Å². The Bertz CT molecular complexity index is 1030. The Morgan fingerprint density at radius 2 is 1.40 bits per heavy atom. The fourth-order valence-electron chi connectivity index (χ4n) is 3.21. The lowest BCUT2D eigenvalue weighted by Gasteiger charge is -2.10. The molecule has 1 amide bonds. The third-order valence-corrected chi connectivity index (χ3v) is 4.44. The SMILES string of the molecule is Cn1c(NC(=O)c2ccccc2)c(-c2ccccc2)c2ccccc21. The molecule has 1 aromatic heterocycles. The van der Waals surface area contributed by atoms with E-state index in [1.54, 1.807) is 0 Å². The fraction of sp³-hybridized carbons (Fsp3) is 0.0455. The van der Waals surface area contributed by atoms with E-state index in [2.05, 4.69) is 29.6 Å². The first-order valence-corrected chi connectivity index (χ1v) is 8.25. The number of fused-ring (bicyclic) bond motifs is 1. The van der Waals surface area contributed by atoms with Gasteiger partial charge >= 0.3 is 0 Å². The minimum absolute atomic E-state index is 0.108. The lowest BCUT2D eigenvalue weighted by Crippen LogP contribution is -2.14. The Kier molecular flexibility index (Phi) is 3.82. The van der Waals surface area contributed by atoms with Crippen LogP contribution < -0.4 is 5.32 Å². The van der Waals surface area contributed by atoms with Crippen LogP contribution in [0.4, 0.5) is 5.82 Å². The van der Waals surface area contributed by atoms with E-state index in [9.17, 15) is 4.79 Å². The van der Waals surface area contributed by atoms with Crippen molar-refractivity contribution in [1.29, 1.82) is 0 Å². The van der Waals surface area contributed by atoms with E-state index in [4.69, 9.17) is 0 Å². The number of amides is 1. The van der Waals surface area contributed by atoms with E-state index in [0.29, 0.717) is 5.56 Å². The molecule has 0 bridgehead atoms. The number of aryl methyl sites for hydroxylation is 1. The predicted octanol–water partition coefficient (Wildman–Crippen LogP) is 5.10. The molecule has 0 aliphatic rings. The number of nitrogens with zero attached hydrogens (tertiary/aromatic N) is 1. The molecule has 3 nitrogen and oxygen atoms in total. The van der Waals surface area contributed by atoms with E-state index < -0.39 is 0 Å². The van der Waals surface area contributed by atoms with Gasteiger partial charge in [0.15, 0.2) is 0 Å². The Morgan fingerprint density at radius 1 is 0.800 bits per heavy atom. The van der Waals surface area contributed by atoms with Crippen LogP contribution in [0.2, 0.25) is 0 Å². The summed E-state index contributed by atoms with van der Waals surface area (Å²) in [4.78, 5) is 12.7. The highest BCUT2D eigenvalue weighted by Crippen LogP contribution is 2.37. The van der Waals surface area contributed by atoms with Crippen LogP contribution >= 0.6 is 0 Å². The van der Waals surface area contributed by atoms with E-state index in [-0.39, 0.29) is 5.91 Å². The van der Waals surface area contributed by atoms with Crippen molar-refractivity contribution in [2.75, 3.05) is 5.32 Å². The van der Waals surface area contributed by atoms with Crippen molar-refractivity contribution in [3.8, 4) is 11.1 Å². The molecule has 4 rings (SSSR count). The molecular weight excluding hydrogens is 308 g/mol. The minimum atomic E-state index is -0.108. The number of anilines is 1. The first-order chi connectivity index (χ1) is 12.3. The van der Waals surface area contributed by atoms with Gasteiger partial charge in [-0.15, -0.1) is 0 Å². The number of aromatic nitrogens is 1. The van der Waals surface area contributed by atoms with Crippen LogP contribution in [-0.4, -0.2) is 10.5 Å². The van der Waals surface area contributed by atoms with Crippen molar-refractivity contribution >= 4 is 22.6 Å². The standard InChI is InChI=1S/C22H18N2O/c1-24-19-15-9-8-14-18(19)20(16-10-4-2-5-11-16)21(24)23-22(25)17-12-6-3-7-13-17/h2-15H,1H3,(H,23,25). The van der Waals surface area contributed by atoms with Gasteiger partial charge in [0.25, 0.3) is 5.91 Å². The molecule has 0 aliphatic heterocycles. The summed E-state index contributed by atoms with van der Waals surface area (Å²) >= 11 is 0. The second-order valence-electron chi connectivity index (χ2n) is 5.99. The van der Waals surface area contributed by atoms with Gasteiger partial charge < -0.3 is 9.88 Å². The lowest BCUT2D eigenvalue weighted by molar-refractivity contribution is 0.102. The van der Waals surface area contributed by atoms with E-state index in [0.717, 1.165) is 27.8 Å². The van der Waals surface area contributed by atoms with E-state index >= 15 is 0 Å². The third-order valence-electron chi connectivity index (χ3n) is 4.44. The van der Waals surface area contributed by atoms with Crippen molar-refractivity contribution in [1.82, 2.24) is 4.57 Å². The average molecular weight is 326 g/mol. The number of hydrogen-bond donors (Lipinski definition) is 1. The van der Waals surface area contributed by atoms with Gasteiger partial charge in [-0.25, -0.2) is 0 Å². The van der Waals surface area contributed by atoms with Gasteiger partial charge in [0.05, 0.1) is 5.52 Å². The molecule has 0 fully saturated rings. The Morgan fingerprint density at radius 3 is 2.12 bits per heavy atom. The van der Waals surface area contributed by atoms with Crippen LogP contribution in [0.25, 0.3) is 22.0 Å². The molecule has 0 spiro atoms. The summed E-state index contributed by atoms with van der Waals surface area (Å²) in [5.74, 6) is 0.699. The van der Waals surface area contributed by atoms with Crippen LogP contribution in [0.15, 0.2) is 84.9 Å². The Hall–Kier alpha value is -3.33. The maximum atomic E-state index is 12.7. The second-order valence-corrected chi connectivity index (χ2v) is 5.99. The Labute approximate surface area is 146 Å². The first-order valence-electron chi connectivity index (χ1n) is 8.25. The Balaban J connectivity index is 1.88. The van der Waals surface area contributed by atoms with Crippen molar-refractivity contribution in [2.45, 2.75) is 0 Å². The summed E-state index contributed by atoms with van der Waals surface area (Å²) in [5, 5.41) is 4.23. The van der Waals surface area contributed by atoms with Crippen LogP contribution in [0.1, 0.15) is 10.4 Å². The zero-order valence-electron chi connectivity index (χ0n) is 13.9. The van der Waals surface area contributed by atoms with Gasteiger partial charge in [0.2, 0.25) is 0 Å². The van der Waals surface area contributed by atoms with Gasteiger partial charge in [-0.05, 0) is 23.8 Å². The van der Waals surface area contributed by atoms with Gasteiger partial charge in [-0.1, -0.05) is 66.7 Å². The summed E-state index contributed by atoms with van der Waals surface area (Å²) in [6, 6.07) is 27.6. The van der Waals surface area contributed by atoms with Gasteiger partial charge in [0, 0.05) is 23.6 Å². The number of carbonyl (C=O) groups excluding carboxylic acids is 1. The normalized spacial score (nSPS) is 10.8. The van der Waals surface area contributed by atoms with E-state index in [1.165, 1.54) is 0 Å². The summed E-state index contributed by atoms with van der Waals surface area (Å²) in [6.45, 7) is 0. The summed E-state index contributed by atoms with van der Waals surface area (Å²) in [6.07, 6.45) is 0. The number of carbonyl (C=O) groups is 1. The van der Waals surface area contributed by atoms with Crippen LogP contribution in [0.3, 0.4) is 0 Å². The highest BCUT2D eigenvalue weighted by molar-refractivity contribution is 6.11. The number of rotatable bonds is 3. The highest BCUT2D eigenvalue weighted by atomic mass is 16.1. The molecule has 0 unspecified atom stereocenters. The predicted molar refractivity (Wildman–Crippen MR) is 103 cm³/mol. The van der Waals surface area contributed by atoms with Crippen molar-refractivity contribution in [2.24, 2.45) is 7.05 Å². The fourth-order valence-corrected chi connectivity index (χ4v) is 3.21. The monoisotopic (exact) mass is 326 g/mol. The molecule has 4 aromatic rings. The summed E-state index contributed by atoms with van der Waals surface area (Å²) in [5.41, 5.74) is 3.86. The molecule has 3 heteroatoms. The molecule has 25 heavy (non-hydrogen) atoms. The number of para-hydroxylation sites is 1. The summed E-state index contributed by atoms with van der Waals surface area (Å²) in [7, 11) is 1.98. The topological polar surface area (TPSA) is 34.0 Å². The average Bonchev–Trinajstić information content (AvgIpc) is 2.95. The molecule has 0 aliphatic carbocycles. The maximum Gasteiger partial charge on any atom is 0.256 e.